The maximum atomic E-state index is 12.9. The number of aromatic nitrogens is 3. The lowest BCUT2D eigenvalue weighted by molar-refractivity contribution is 0.0663. The highest BCUT2D eigenvalue weighted by molar-refractivity contribution is 5.92. The molecule has 2 aromatic rings. The smallest absolute Gasteiger partial charge is 0.273 e. The molecule has 0 N–H and O–H groups in total. The molecule has 1 aliphatic rings. The van der Waals surface area contributed by atoms with Crippen LogP contribution < -0.4 is 4.74 Å². The Morgan fingerprint density at radius 3 is 2.91 bits per heavy atom. The molecule has 23 heavy (non-hydrogen) atoms. The lowest BCUT2D eigenvalue weighted by Crippen LogP contribution is -2.35. The molecule has 1 atom stereocenters. The predicted molar refractivity (Wildman–Crippen MR) is 82.1 cm³/mol. The van der Waals surface area contributed by atoms with E-state index in [4.69, 9.17) is 9.26 Å². The van der Waals surface area contributed by atoms with Crippen molar-refractivity contribution in [3.63, 3.8) is 0 Å². The second-order valence-electron chi connectivity index (χ2n) is 5.60. The van der Waals surface area contributed by atoms with Crippen LogP contribution in [0.15, 0.2) is 22.7 Å². The topological polar surface area (TPSA) is 81.4 Å². The first-order valence-electron chi connectivity index (χ1n) is 7.81. The molecule has 2 aromatic heterocycles. The molecule has 0 aromatic carbocycles. The van der Waals surface area contributed by atoms with Crippen molar-refractivity contribution in [2.75, 3.05) is 13.7 Å². The third kappa shape index (κ3) is 3.33. The van der Waals surface area contributed by atoms with Crippen molar-refractivity contribution < 1.29 is 14.1 Å². The first kappa shape index (κ1) is 15.5. The molecule has 1 fully saturated rings. The summed E-state index contributed by atoms with van der Waals surface area (Å²) >= 11 is 0. The van der Waals surface area contributed by atoms with Crippen molar-refractivity contribution in [2.24, 2.45) is 0 Å². The van der Waals surface area contributed by atoms with Gasteiger partial charge < -0.3 is 14.2 Å². The van der Waals surface area contributed by atoms with Crippen LogP contribution in [-0.2, 0) is 0 Å². The number of carbonyl (C=O) groups excluding carboxylic acids is 1. The van der Waals surface area contributed by atoms with Crippen molar-refractivity contribution in [1.82, 2.24) is 20.0 Å². The summed E-state index contributed by atoms with van der Waals surface area (Å²) in [6.45, 7) is 2.42. The SMILES string of the molecule is COc1cccc(C(=O)N2CCCCC[C@@H]2c2noc(C)n2)n1. The van der Waals surface area contributed by atoms with Gasteiger partial charge in [0.25, 0.3) is 5.91 Å². The zero-order valence-corrected chi connectivity index (χ0v) is 13.4. The van der Waals surface area contributed by atoms with E-state index >= 15 is 0 Å². The molecule has 1 aliphatic heterocycles. The highest BCUT2D eigenvalue weighted by Gasteiger charge is 2.31. The maximum absolute atomic E-state index is 12.9. The fraction of sp³-hybridized carbons (Fsp3) is 0.500. The van der Waals surface area contributed by atoms with Crippen LogP contribution >= 0.6 is 0 Å². The molecule has 7 heteroatoms. The molecule has 1 amide bonds. The number of ether oxygens (including phenoxy) is 1. The Morgan fingerprint density at radius 2 is 2.17 bits per heavy atom. The van der Waals surface area contributed by atoms with Crippen LogP contribution in [0.2, 0.25) is 0 Å². The molecule has 0 unspecified atom stereocenters. The monoisotopic (exact) mass is 316 g/mol. The molecule has 0 spiro atoms. The van der Waals surface area contributed by atoms with Gasteiger partial charge in [0, 0.05) is 19.5 Å². The minimum absolute atomic E-state index is 0.127. The summed E-state index contributed by atoms with van der Waals surface area (Å²) < 4.78 is 10.2. The number of likely N-dealkylation sites (tertiary alicyclic amines) is 1. The Kier molecular flexibility index (Phi) is 4.55. The molecule has 0 radical (unpaired) electrons. The second kappa shape index (κ2) is 6.76. The van der Waals surface area contributed by atoms with Crippen LogP contribution in [0.4, 0.5) is 0 Å². The van der Waals surface area contributed by atoms with Crippen molar-refractivity contribution in [1.29, 1.82) is 0 Å². The lowest BCUT2D eigenvalue weighted by atomic mass is 10.1. The molecule has 122 valence electrons. The van der Waals surface area contributed by atoms with Gasteiger partial charge in [0.15, 0.2) is 5.82 Å². The Balaban J connectivity index is 1.90. The number of methoxy groups -OCH3 is 1. The van der Waals surface area contributed by atoms with Crippen molar-refractivity contribution >= 4 is 5.91 Å². The van der Waals surface area contributed by atoms with Gasteiger partial charge in [0.05, 0.1) is 13.2 Å². The summed E-state index contributed by atoms with van der Waals surface area (Å²) in [5.74, 6) is 1.38. The summed E-state index contributed by atoms with van der Waals surface area (Å²) in [6.07, 6.45) is 3.91. The third-order valence-electron chi connectivity index (χ3n) is 4.01. The molecule has 0 saturated carbocycles. The number of pyridine rings is 1. The van der Waals surface area contributed by atoms with Gasteiger partial charge in [-0.1, -0.05) is 24.1 Å². The molecule has 3 heterocycles. The molecule has 1 saturated heterocycles. The largest absolute Gasteiger partial charge is 0.481 e. The van der Waals surface area contributed by atoms with E-state index in [0.717, 1.165) is 25.7 Å². The van der Waals surface area contributed by atoms with Crippen LogP contribution in [0.25, 0.3) is 0 Å². The van der Waals surface area contributed by atoms with Crippen LogP contribution in [0.5, 0.6) is 5.88 Å². The van der Waals surface area contributed by atoms with Crippen molar-refractivity contribution in [3.05, 3.63) is 35.6 Å². The minimum atomic E-state index is -0.171. The van der Waals surface area contributed by atoms with Crippen LogP contribution in [0.3, 0.4) is 0 Å². The van der Waals surface area contributed by atoms with Crippen molar-refractivity contribution in [3.8, 4) is 5.88 Å². The van der Waals surface area contributed by atoms with Gasteiger partial charge in [-0.25, -0.2) is 4.98 Å². The molecule has 3 rings (SSSR count). The van der Waals surface area contributed by atoms with Crippen LogP contribution in [-0.4, -0.2) is 39.6 Å². The Bertz CT molecular complexity index is 685. The average molecular weight is 316 g/mol. The fourth-order valence-electron chi connectivity index (χ4n) is 2.86. The summed E-state index contributed by atoms with van der Waals surface area (Å²) in [4.78, 5) is 23.3. The zero-order chi connectivity index (χ0) is 16.2. The van der Waals surface area contributed by atoms with E-state index < -0.39 is 0 Å². The fourth-order valence-corrected chi connectivity index (χ4v) is 2.86. The molecule has 0 aliphatic carbocycles. The third-order valence-corrected chi connectivity index (χ3v) is 4.01. The maximum Gasteiger partial charge on any atom is 0.273 e. The van der Waals surface area contributed by atoms with E-state index in [9.17, 15) is 4.79 Å². The van der Waals surface area contributed by atoms with E-state index in [1.165, 1.54) is 7.11 Å². The van der Waals surface area contributed by atoms with Crippen molar-refractivity contribution in [2.45, 2.75) is 38.6 Å². The summed E-state index contributed by atoms with van der Waals surface area (Å²) in [7, 11) is 1.54. The number of hydrogen-bond acceptors (Lipinski definition) is 6. The molecular weight excluding hydrogens is 296 g/mol. The van der Waals surface area contributed by atoms with Crippen LogP contribution in [0.1, 0.15) is 53.9 Å². The van der Waals surface area contributed by atoms with Gasteiger partial charge >= 0.3 is 0 Å². The quantitative estimate of drug-likeness (QED) is 0.865. The molecule has 7 nitrogen and oxygen atoms in total. The van der Waals surface area contributed by atoms with E-state index in [2.05, 4.69) is 15.1 Å². The van der Waals surface area contributed by atoms with E-state index in [-0.39, 0.29) is 11.9 Å². The number of nitrogens with zero attached hydrogens (tertiary/aromatic N) is 4. The van der Waals surface area contributed by atoms with Crippen LogP contribution in [0, 0.1) is 6.92 Å². The first-order chi connectivity index (χ1) is 11.2. The van der Waals surface area contributed by atoms with Gasteiger partial charge in [-0.3, -0.25) is 4.79 Å². The summed E-state index contributed by atoms with van der Waals surface area (Å²) in [5, 5.41) is 4.02. The van der Waals surface area contributed by atoms with Gasteiger partial charge in [-0.15, -0.1) is 0 Å². The predicted octanol–water partition coefficient (Wildman–Crippen LogP) is 2.54. The number of amides is 1. The summed E-state index contributed by atoms with van der Waals surface area (Å²) in [5.41, 5.74) is 0.372. The number of carbonyl (C=O) groups is 1. The minimum Gasteiger partial charge on any atom is -0.481 e. The summed E-state index contributed by atoms with van der Waals surface area (Å²) in [6, 6.07) is 5.02. The second-order valence-corrected chi connectivity index (χ2v) is 5.60. The highest BCUT2D eigenvalue weighted by atomic mass is 16.5. The van der Waals surface area contributed by atoms with E-state index in [0.29, 0.717) is 29.8 Å². The van der Waals surface area contributed by atoms with Gasteiger partial charge in [0.1, 0.15) is 5.69 Å². The average Bonchev–Trinajstić information content (AvgIpc) is 2.86. The highest BCUT2D eigenvalue weighted by Crippen LogP contribution is 2.29. The zero-order valence-electron chi connectivity index (χ0n) is 13.4. The number of hydrogen-bond donors (Lipinski definition) is 0. The normalized spacial score (nSPS) is 18.5. The number of rotatable bonds is 3. The van der Waals surface area contributed by atoms with Gasteiger partial charge in [-0.05, 0) is 18.9 Å². The lowest BCUT2D eigenvalue weighted by Gasteiger charge is -2.27. The van der Waals surface area contributed by atoms with E-state index in [1.807, 2.05) is 0 Å². The first-order valence-corrected chi connectivity index (χ1v) is 7.81. The van der Waals surface area contributed by atoms with Gasteiger partial charge in [0.2, 0.25) is 11.8 Å². The molecular formula is C16H20N4O3. The molecule has 0 bridgehead atoms. The van der Waals surface area contributed by atoms with E-state index in [1.54, 1.807) is 30.0 Å². The Hall–Kier alpha value is -2.44. The Labute approximate surface area is 134 Å². The Morgan fingerprint density at radius 1 is 1.30 bits per heavy atom. The number of aryl methyl sites for hydroxylation is 1. The standard InChI is InChI=1S/C16H20N4O3/c1-11-17-15(19-23-11)13-8-4-3-5-10-20(13)16(21)12-7-6-9-14(18-12)22-2/h6-7,9,13H,3-5,8,10H2,1-2H3/t13-/m1/s1. The van der Waals surface area contributed by atoms with Gasteiger partial charge in [-0.2, -0.15) is 4.98 Å².